The van der Waals surface area contributed by atoms with Gasteiger partial charge in [-0.05, 0) is 33.6 Å². The van der Waals surface area contributed by atoms with Crippen molar-refractivity contribution >= 4 is 12.2 Å². The molecule has 1 aliphatic heterocycles. The Kier molecular flexibility index (Phi) is 4.20. The van der Waals surface area contributed by atoms with Crippen molar-refractivity contribution in [3.63, 3.8) is 0 Å². The summed E-state index contributed by atoms with van der Waals surface area (Å²) < 4.78 is 9.88. The smallest absolute Gasteiger partial charge is 0.450 e. The third-order valence-corrected chi connectivity index (χ3v) is 2.30. The van der Waals surface area contributed by atoms with Crippen molar-refractivity contribution in [3.8, 4) is 0 Å². The molecule has 0 aliphatic carbocycles. The maximum Gasteiger partial charge on any atom is 0.506 e. The Bertz CT molecular complexity index is 297. The normalized spacial score (nSPS) is 20.9. The maximum atomic E-state index is 11.7. The minimum Gasteiger partial charge on any atom is -0.450 e. The fraction of sp³-hybridized carbons (Fsp3) is 0.818. The van der Waals surface area contributed by atoms with Crippen molar-refractivity contribution in [2.75, 3.05) is 13.1 Å². The van der Waals surface area contributed by atoms with E-state index >= 15 is 0 Å². The number of rotatable bonds is 1. The molecular formula is C11H19NO5. The van der Waals surface area contributed by atoms with Crippen LogP contribution in [0.5, 0.6) is 0 Å². The van der Waals surface area contributed by atoms with Crippen LogP contribution in [0, 0.1) is 0 Å². The topological polar surface area (TPSA) is 76.1 Å². The largest absolute Gasteiger partial charge is 0.506 e. The lowest BCUT2D eigenvalue weighted by Gasteiger charge is -2.33. The number of hydrogen-bond acceptors (Lipinski definition) is 4. The first-order chi connectivity index (χ1) is 7.78. The summed E-state index contributed by atoms with van der Waals surface area (Å²) in [6, 6.07) is 0. The van der Waals surface area contributed by atoms with E-state index in [0.717, 1.165) is 6.42 Å². The maximum absolute atomic E-state index is 11.7. The van der Waals surface area contributed by atoms with E-state index in [1.807, 2.05) is 0 Å². The number of nitrogens with zero attached hydrogens (tertiary/aromatic N) is 1. The zero-order valence-electron chi connectivity index (χ0n) is 10.4. The monoisotopic (exact) mass is 245 g/mol. The summed E-state index contributed by atoms with van der Waals surface area (Å²) in [5, 5.41) is 8.52. The van der Waals surface area contributed by atoms with E-state index in [2.05, 4.69) is 4.74 Å². The van der Waals surface area contributed by atoms with Gasteiger partial charge in [-0.15, -0.1) is 0 Å². The third-order valence-electron chi connectivity index (χ3n) is 2.30. The fourth-order valence-electron chi connectivity index (χ4n) is 1.67. The van der Waals surface area contributed by atoms with E-state index in [1.54, 1.807) is 20.8 Å². The number of carbonyl (C=O) groups excluding carboxylic acids is 1. The molecule has 1 saturated heterocycles. The minimum atomic E-state index is -1.30. The fourth-order valence-corrected chi connectivity index (χ4v) is 1.67. The lowest BCUT2D eigenvalue weighted by molar-refractivity contribution is -0.0108. The molecule has 0 saturated carbocycles. The van der Waals surface area contributed by atoms with Gasteiger partial charge in [0.05, 0.1) is 6.54 Å². The average Bonchev–Trinajstić information content (AvgIpc) is 2.14. The highest BCUT2D eigenvalue weighted by atomic mass is 16.7. The lowest BCUT2D eigenvalue weighted by Crippen LogP contribution is -2.45. The lowest BCUT2D eigenvalue weighted by atomic mass is 10.1. The van der Waals surface area contributed by atoms with Crippen LogP contribution in [0.15, 0.2) is 0 Å². The Labute approximate surface area is 100 Å². The molecule has 0 bridgehead atoms. The van der Waals surface area contributed by atoms with Crippen LogP contribution < -0.4 is 0 Å². The minimum absolute atomic E-state index is 0.265. The molecule has 0 radical (unpaired) electrons. The van der Waals surface area contributed by atoms with Crippen LogP contribution in [-0.2, 0) is 9.47 Å². The molecule has 1 aliphatic rings. The van der Waals surface area contributed by atoms with E-state index in [-0.39, 0.29) is 6.54 Å². The van der Waals surface area contributed by atoms with Crippen LogP contribution >= 0.6 is 0 Å². The molecule has 0 aromatic rings. The van der Waals surface area contributed by atoms with Gasteiger partial charge < -0.3 is 19.5 Å². The second-order valence-electron chi connectivity index (χ2n) is 5.07. The first kappa shape index (κ1) is 13.6. The summed E-state index contributed by atoms with van der Waals surface area (Å²) >= 11 is 0. The molecule has 1 amide bonds. The molecule has 0 spiro atoms. The molecule has 1 atom stereocenters. The summed E-state index contributed by atoms with van der Waals surface area (Å²) in [6.07, 6.45) is -0.811. The van der Waals surface area contributed by atoms with Crippen molar-refractivity contribution in [3.05, 3.63) is 0 Å². The van der Waals surface area contributed by atoms with Crippen LogP contribution in [0.3, 0.4) is 0 Å². The van der Waals surface area contributed by atoms with Gasteiger partial charge in [-0.25, -0.2) is 9.59 Å². The van der Waals surface area contributed by atoms with E-state index in [4.69, 9.17) is 9.84 Å². The number of piperidine rings is 1. The zero-order chi connectivity index (χ0) is 13.1. The number of amides is 1. The number of carbonyl (C=O) groups is 2. The van der Waals surface area contributed by atoms with Crippen LogP contribution in [0.2, 0.25) is 0 Å². The molecule has 17 heavy (non-hydrogen) atoms. The molecule has 6 heteroatoms. The van der Waals surface area contributed by atoms with Gasteiger partial charge in [0.15, 0.2) is 0 Å². The van der Waals surface area contributed by atoms with Gasteiger partial charge in [0.2, 0.25) is 0 Å². The Morgan fingerprint density at radius 3 is 2.53 bits per heavy atom. The van der Waals surface area contributed by atoms with Gasteiger partial charge in [-0.2, -0.15) is 0 Å². The standard InChI is InChI=1S/C11H19NO5/c1-11(2,3)17-9(13)12-6-4-5-8(7-12)16-10(14)15/h8H,4-7H2,1-3H3,(H,14,15). The first-order valence-electron chi connectivity index (χ1n) is 5.65. The molecule has 6 nitrogen and oxygen atoms in total. The number of carboxylic acid groups (broad SMARTS) is 1. The highest BCUT2D eigenvalue weighted by Gasteiger charge is 2.29. The molecule has 98 valence electrons. The average molecular weight is 245 g/mol. The van der Waals surface area contributed by atoms with Crippen molar-refractivity contribution in [2.24, 2.45) is 0 Å². The summed E-state index contributed by atoms with van der Waals surface area (Å²) in [5.74, 6) is 0. The van der Waals surface area contributed by atoms with E-state index in [1.165, 1.54) is 4.90 Å². The first-order valence-corrected chi connectivity index (χ1v) is 5.65. The van der Waals surface area contributed by atoms with Gasteiger partial charge in [0.25, 0.3) is 0 Å². The molecular weight excluding hydrogens is 226 g/mol. The Morgan fingerprint density at radius 1 is 1.35 bits per heavy atom. The molecule has 1 heterocycles. The molecule has 0 aromatic heterocycles. The highest BCUT2D eigenvalue weighted by Crippen LogP contribution is 2.17. The van der Waals surface area contributed by atoms with Gasteiger partial charge in [-0.3, -0.25) is 0 Å². The number of ether oxygens (including phenoxy) is 2. The van der Waals surface area contributed by atoms with Gasteiger partial charge in [0, 0.05) is 6.54 Å². The van der Waals surface area contributed by atoms with Gasteiger partial charge >= 0.3 is 12.2 Å². The molecule has 1 rings (SSSR count). The summed E-state index contributed by atoms with van der Waals surface area (Å²) in [5.41, 5.74) is -0.544. The second kappa shape index (κ2) is 5.25. The van der Waals surface area contributed by atoms with E-state index in [9.17, 15) is 9.59 Å². The summed E-state index contributed by atoms with van der Waals surface area (Å²) in [4.78, 5) is 23.7. The van der Waals surface area contributed by atoms with E-state index < -0.39 is 24.0 Å². The Balaban J connectivity index is 2.49. The number of hydrogen-bond donors (Lipinski definition) is 1. The quantitative estimate of drug-likeness (QED) is 0.716. The van der Waals surface area contributed by atoms with E-state index in [0.29, 0.717) is 13.0 Å². The predicted octanol–water partition coefficient (Wildman–Crippen LogP) is 2.08. The predicted molar refractivity (Wildman–Crippen MR) is 59.9 cm³/mol. The molecule has 0 aromatic carbocycles. The van der Waals surface area contributed by atoms with Crippen molar-refractivity contribution in [1.29, 1.82) is 0 Å². The molecule has 1 fully saturated rings. The van der Waals surface area contributed by atoms with Gasteiger partial charge in [-0.1, -0.05) is 0 Å². The summed E-state index contributed by atoms with van der Waals surface area (Å²) in [7, 11) is 0. The van der Waals surface area contributed by atoms with Crippen LogP contribution in [0.25, 0.3) is 0 Å². The Hall–Kier alpha value is -1.46. The molecule has 1 unspecified atom stereocenters. The SMILES string of the molecule is CC(C)(C)OC(=O)N1CCCC(OC(=O)O)C1. The molecule has 1 N–H and O–H groups in total. The van der Waals surface area contributed by atoms with Gasteiger partial charge in [0.1, 0.15) is 11.7 Å². The third kappa shape index (κ3) is 4.93. The van der Waals surface area contributed by atoms with Crippen molar-refractivity contribution in [1.82, 2.24) is 4.90 Å². The van der Waals surface area contributed by atoms with Crippen molar-refractivity contribution < 1.29 is 24.2 Å². The van der Waals surface area contributed by atoms with Crippen LogP contribution in [0.4, 0.5) is 9.59 Å². The van der Waals surface area contributed by atoms with Crippen molar-refractivity contribution in [2.45, 2.75) is 45.3 Å². The van der Waals surface area contributed by atoms with Crippen LogP contribution in [0.1, 0.15) is 33.6 Å². The van der Waals surface area contributed by atoms with Crippen LogP contribution in [-0.4, -0.2) is 47.0 Å². The Morgan fingerprint density at radius 2 is 2.00 bits per heavy atom. The zero-order valence-corrected chi connectivity index (χ0v) is 10.4. The second-order valence-corrected chi connectivity index (χ2v) is 5.07. The summed E-state index contributed by atoms with van der Waals surface area (Å²) in [6.45, 7) is 6.22. The highest BCUT2D eigenvalue weighted by molar-refractivity contribution is 5.68. The number of likely N-dealkylation sites (tertiary alicyclic amines) is 1.